The molecule has 1 aromatic heterocycles. The molecule has 0 saturated carbocycles. The number of H-pyrrole nitrogens is 1. The van der Waals surface area contributed by atoms with Gasteiger partial charge in [0.1, 0.15) is 17.1 Å². The monoisotopic (exact) mass is 421 g/mol. The summed E-state index contributed by atoms with van der Waals surface area (Å²) in [6, 6.07) is 11.5. The van der Waals surface area contributed by atoms with Gasteiger partial charge >= 0.3 is 0 Å². The van der Waals surface area contributed by atoms with Crippen LogP contribution in [0.1, 0.15) is 40.5 Å². The lowest BCUT2D eigenvalue weighted by Gasteiger charge is -2.28. The van der Waals surface area contributed by atoms with Crippen molar-refractivity contribution >= 4 is 5.91 Å². The van der Waals surface area contributed by atoms with E-state index in [9.17, 15) is 15.0 Å². The van der Waals surface area contributed by atoms with E-state index in [0.717, 1.165) is 18.4 Å². The number of hydrogen-bond acceptors (Lipinski definition) is 6. The van der Waals surface area contributed by atoms with Crippen molar-refractivity contribution in [3.05, 3.63) is 59.3 Å². The minimum atomic E-state index is -0.463. The number of ether oxygens (including phenoxy) is 2. The quantitative estimate of drug-likeness (QED) is 0.584. The average molecular weight is 421 g/mol. The van der Waals surface area contributed by atoms with Crippen LogP contribution in [0.4, 0.5) is 0 Å². The van der Waals surface area contributed by atoms with E-state index < -0.39 is 6.04 Å². The van der Waals surface area contributed by atoms with Gasteiger partial charge in [0.25, 0.3) is 5.91 Å². The SMILES string of the molecule is COc1cc(C2c3c(-c4ccccc4O)n[nH]c3C(=O)N2CC2CCCO2)ccc1O. The lowest BCUT2D eigenvalue weighted by Crippen LogP contribution is -2.36. The Labute approximate surface area is 179 Å². The summed E-state index contributed by atoms with van der Waals surface area (Å²) in [5.41, 5.74) is 2.93. The number of amides is 1. The molecule has 0 bridgehead atoms. The average Bonchev–Trinajstić information content (AvgIpc) is 3.49. The summed E-state index contributed by atoms with van der Waals surface area (Å²) in [5, 5.41) is 27.8. The molecular formula is C23H23N3O5. The van der Waals surface area contributed by atoms with Gasteiger partial charge in [0, 0.05) is 24.3 Å². The van der Waals surface area contributed by atoms with E-state index in [2.05, 4.69) is 10.2 Å². The van der Waals surface area contributed by atoms with Crippen molar-refractivity contribution in [2.75, 3.05) is 20.3 Å². The first kappa shape index (κ1) is 19.4. The number of nitrogens with one attached hydrogen (secondary N) is 1. The van der Waals surface area contributed by atoms with Crippen molar-refractivity contribution in [2.45, 2.75) is 25.0 Å². The number of para-hydroxylation sites is 1. The first-order chi connectivity index (χ1) is 15.1. The highest BCUT2D eigenvalue weighted by atomic mass is 16.5. The maximum absolute atomic E-state index is 13.4. The van der Waals surface area contributed by atoms with Crippen LogP contribution in [0, 0.1) is 0 Å². The zero-order valence-corrected chi connectivity index (χ0v) is 17.0. The molecule has 2 aromatic carbocycles. The number of fused-ring (bicyclic) bond motifs is 1. The second kappa shape index (κ2) is 7.63. The second-order valence-corrected chi connectivity index (χ2v) is 7.80. The van der Waals surface area contributed by atoms with E-state index in [1.165, 1.54) is 7.11 Å². The largest absolute Gasteiger partial charge is 0.507 e. The van der Waals surface area contributed by atoms with E-state index in [1.807, 2.05) is 6.07 Å². The van der Waals surface area contributed by atoms with Gasteiger partial charge in [-0.1, -0.05) is 18.2 Å². The predicted molar refractivity (Wildman–Crippen MR) is 112 cm³/mol. The maximum atomic E-state index is 13.4. The van der Waals surface area contributed by atoms with Crippen molar-refractivity contribution < 1.29 is 24.5 Å². The molecule has 160 valence electrons. The summed E-state index contributed by atoms with van der Waals surface area (Å²) < 4.78 is 11.1. The molecule has 1 saturated heterocycles. The number of aromatic hydroxyl groups is 2. The molecule has 0 spiro atoms. The van der Waals surface area contributed by atoms with E-state index in [4.69, 9.17) is 9.47 Å². The Balaban J connectivity index is 1.66. The predicted octanol–water partition coefficient (Wildman–Crippen LogP) is 3.22. The number of hydrogen-bond donors (Lipinski definition) is 3. The van der Waals surface area contributed by atoms with Crippen LogP contribution in [-0.4, -0.2) is 57.6 Å². The van der Waals surface area contributed by atoms with Crippen LogP contribution < -0.4 is 4.74 Å². The van der Waals surface area contributed by atoms with Crippen LogP contribution in [0.5, 0.6) is 17.2 Å². The summed E-state index contributed by atoms with van der Waals surface area (Å²) in [6.07, 6.45) is 1.84. The molecule has 2 aliphatic heterocycles. The minimum absolute atomic E-state index is 0.0228. The summed E-state index contributed by atoms with van der Waals surface area (Å²) in [4.78, 5) is 15.1. The Hall–Kier alpha value is -3.52. The lowest BCUT2D eigenvalue weighted by molar-refractivity contribution is 0.0495. The van der Waals surface area contributed by atoms with Crippen LogP contribution in [0.2, 0.25) is 0 Å². The molecule has 3 N–H and O–H groups in total. The van der Waals surface area contributed by atoms with Gasteiger partial charge in [-0.3, -0.25) is 9.89 Å². The van der Waals surface area contributed by atoms with Gasteiger partial charge < -0.3 is 24.6 Å². The third-order valence-electron chi connectivity index (χ3n) is 5.97. The van der Waals surface area contributed by atoms with Gasteiger partial charge in [0.2, 0.25) is 0 Å². The smallest absolute Gasteiger partial charge is 0.273 e. The fourth-order valence-electron chi connectivity index (χ4n) is 4.48. The van der Waals surface area contributed by atoms with Crippen LogP contribution >= 0.6 is 0 Å². The Morgan fingerprint density at radius 2 is 2.06 bits per heavy atom. The number of carbonyl (C=O) groups excluding carboxylic acids is 1. The fourth-order valence-corrected chi connectivity index (χ4v) is 4.48. The number of benzene rings is 2. The summed E-state index contributed by atoms with van der Waals surface area (Å²) >= 11 is 0. The summed E-state index contributed by atoms with van der Waals surface area (Å²) in [7, 11) is 1.49. The van der Waals surface area contributed by atoms with Gasteiger partial charge in [-0.15, -0.1) is 0 Å². The van der Waals surface area contributed by atoms with Gasteiger partial charge in [-0.05, 0) is 42.7 Å². The fraction of sp³-hybridized carbons (Fsp3) is 0.304. The van der Waals surface area contributed by atoms with E-state index in [1.54, 1.807) is 41.3 Å². The van der Waals surface area contributed by atoms with Crippen LogP contribution in [0.3, 0.4) is 0 Å². The van der Waals surface area contributed by atoms with E-state index in [0.29, 0.717) is 41.4 Å². The molecule has 1 fully saturated rings. The minimum Gasteiger partial charge on any atom is -0.507 e. The first-order valence-corrected chi connectivity index (χ1v) is 10.2. The zero-order chi connectivity index (χ0) is 21.5. The number of rotatable bonds is 5. The standard InChI is InChI=1S/C23H23N3O5/c1-30-18-11-13(8-9-17(18)28)22-19-20(15-6-2-3-7-16(15)27)24-25-21(19)23(29)26(22)12-14-5-4-10-31-14/h2-3,6-9,11,14,22,27-28H,4-5,10,12H2,1H3,(H,24,25). The zero-order valence-electron chi connectivity index (χ0n) is 17.0. The number of phenols is 2. The molecular weight excluding hydrogens is 398 g/mol. The van der Waals surface area contributed by atoms with E-state index in [-0.39, 0.29) is 23.5 Å². The second-order valence-electron chi connectivity index (χ2n) is 7.80. The van der Waals surface area contributed by atoms with Gasteiger partial charge in [-0.2, -0.15) is 5.10 Å². The highest BCUT2D eigenvalue weighted by Crippen LogP contribution is 2.46. The van der Waals surface area contributed by atoms with Crippen LogP contribution in [-0.2, 0) is 4.74 Å². The van der Waals surface area contributed by atoms with Crippen molar-refractivity contribution in [3.63, 3.8) is 0 Å². The summed E-state index contributed by atoms with van der Waals surface area (Å²) in [6.45, 7) is 1.13. The molecule has 31 heavy (non-hydrogen) atoms. The molecule has 3 aromatic rings. The molecule has 2 unspecified atom stereocenters. The lowest BCUT2D eigenvalue weighted by atomic mass is 9.95. The van der Waals surface area contributed by atoms with Crippen LogP contribution in [0.15, 0.2) is 42.5 Å². The molecule has 5 rings (SSSR count). The number of carbonyl (C=O) groups is 1. The Morgan fingerprint density at radius 1 is 1.23 bits per heavy atom. The number of phenolic OH excluding ortho intramolecular Hbond substituents is 2. The van der Waals surface area contributed by atoms with Crippen molar-refractivity contribution in [1.82, 2.24) is 15.1 Å². The molecule has 8 heteroatoms. The van der Waals surface area contributed by atoms with E-state index >= 15 is 0 Å². The first-order valence-electron chi connectivity index (χ1n) is 10.2. The molecule has 2 aliphatic rings. The highest BCUT2D eigenvalue weighted by molar-refractivity contribution is 6.00. The number of aromatic amines is 1. The Bertz CT molecular complexity index is 1140. The Kier molecular flexibility index (Phi) is 4.78. The van der Waals surface area contributed by atoms with Gasteiger partial charge in [0.15, 0.2) is 11.5 Å². The normalized spacial score (nSPS) is 20.3. The third-order valence-corrected chi connectivity index (χ3v) is 5.97. The van der Waals surface area contributed by atoms with Crippen molar-refractivity contribution in [1.29, 1.82) is 0 Å². The topological polar surface area (TPSA) is 108 Å². The molecule has 1 amide bonds. The molecule has 3 heterocycles. The molecule has 0 radical (unpaired) electrons. The Morgan fingerprint density at radius 3 is 2.81 bits per heavy atom. The van der Waals surface area contributed by atoms with Crippen LogP contribution in [0.25, 0.3) is 11.3 Å². The molecule has 8 nitrogen and oxygen atoms in total. The number of nitrogens with zero attached hydrogens (tertiary/aromatic N) is 2. The molecule has 0 aliphatic carbocycles. The summed E-state index contributed by atoms with van der Waals surface area (Å²) in [5.74, 6) is 0.262. The third kappa shape index (κ3) is 3.19. The highest BCUT2D eigenvalue weighted by Gasteiger charge is 2.43. The number of aromatic nitrogens is 2. The van der Waals surface area contributed by atoms with Gasteiger partial charge in [-0.25, -0.2) is 0 Å². The van der Waals surface area contributed by atoms with Crippen molar-refractivity contribution in [3.8, 4) is 28.5 Å². The molecule has 2 atom stereocenters. The van der Waals surface area contributed by atoms with Crippen molar-refractivity contribution in [2.24, 2.45) is 0 Å². The maximum Gasteiger partial charge on any atom is 0.273 e. The van der Waals surface area contributed by atoms with Gasteiger partial charge in [0.05, 0.1) is 19.3 Å². The number of methoxy groups -OCH3 is 1.